The van der Waals surface area contributed by atoms with Crippen molar-refractivity contribution in [1.29, 1.82) is 0 Å². The zero-order chi connectivity index (χ0) is 11.4. The Hall–Kier alpha value is -1.61. The van der Waals surface area contributed by atoms with Crippen molar-refractivity contribution < 1.29 is 8.81 Å². The van der Waals surface area contributed by atoms with E-state index in [9.17, 15) is 4.39 Å². The van der Waals surface area contributed by atoms with Crippen molar-refractivity contribution in [2.24, 2.45) is 0 Å². The molecule has 2 aromatic rings. The molecule has 84 valence electrons. The van der Waals surface area contributed by atoms with Crippen molar-refractivity contribution in [2.45, 2.75) is 12.5 Å². The Morgan fingerprint density at radius 1 is 1.38 bits per heavy atom. The van der Waals surface area contributed by atoms with Crippen LogP contribution in [0.2, 0.25) is 0 Å². The number of hydrogen-bond acceptors (Lipinski definition) is 2. The van der Waals surface area contributed by atoms with E-state index in [1.165, 1.54) is 6.07 Å². The van der Waals surface area contributed by atoms with E-state index in [1.807, 2.05) is 19.2 Å². The molecular formula is C13H14FNO. The number of likely N-dealkylation sites (N-methyl/N-ethyl adjacent to an activating group) is 1. The molecular weight excluding hydrogens is 205 g/mol. The smallest absolute Gasteiger partial charge is 0.123 e. The number of benzene rings is 1. The number of rotatable bonds is 4. The third-order valence-electron chi connectivity index (χ3n) is 2.62. The monoisotopic (exact) mass is 219 g/mol. The van der Waals surface area contributed by atoms with Gasteiger partial charge in [-0.15, -0.1) is 0 Å². The molecule has 1 atom stereocenters. The van der Waals surface area contributed by atoms with Gasteiger partial charge in [-0.25, -0.2) is 4.39 Å². The summed E-state index contributed by atoms with van der Waals surface area (Å²) in [6.07, 6.45) is 4.10. The molecule has 16 heavy (non-hydrogen) atoms. The predicted octanol–water partition coefficient (Wildman–Crippen LogP) is 2.92. The first-order valence-corrected chi connectivity index (χ1v) is 5.23. The zero-order valence-corrected chi connectivity index (χ0v) is 9.11. The molecule has 2 rings (SSSR count). The molecule has 1 aromatic carbocycles. The minimum absolute atomic E-state index is 0.153. The minimum atomic E-state index is -0.195. The molecule has 1 unspecified atom stereocenters. The van der Waals surface area contributed by atoms with E-state index in [2.05, 4.69) is 5.32 Å². The fourth-order valence-electron chi connectivity index (χ4n) is 1.76. The second-order valence-corrected chi connectivity index (χ2v) is 3.73. The molecule has 0 spiro atoms. The van der Waals surface area contributed by atoms with Gasteiger partial charge in [0, 0.05) is 11.6 Å². The fraction of sp³-hybridized carbons (Fsp3) is 0.231. The van der Waals surface area contributed by atoms with Crippen molar-refractivity contribution in [3.8, 4) is 0 Å². The largest absolute Gasteiger partial charge is 0.472 e. The number of hydrogen-bond donors (Lipinski definition) is 1. The second-order valence-electron chi connectivity index (χ2n) is 3.73. The lowest BCUT2D eigenvalue weighted by atomic mass is 10.0. The summed E-state index contributed by atoms with van der Waals surface area (Å²) in [5.41, 5.74) is 2.05. The Balaban J connectivity index is 2.13. The van der Waals surface area contributed by atoms with Crippen molar-refractivity contribution in [2.75, 3.05) is 7.05 Å². The van der Waals surface area contributed by atoms with Crippen LogP contribution in [-0.2, 0) is 6.42 Å². The van der Waals surface area contributed by atoms with Gasteiger partial charge in [0.1, 0.15) is 5.82 Å². The highest BCUT2D eigenvalue weighted by molar-refractivity contribution is 5.21. The normalized spacial score (nSPS) is 12.6. The van der Waals surface area contributed by atoms with Gasteiger partial charge < -0.3 is 9.73 Å². The summed E-state index contributed by atoms with van der Waals surface area (Å²) < 4.78 is 18.1. The van der Waals surface area contributed by atoms with E-state index in [0.29, 0.717) is 0 Å². The second kappa shape index (κ2) is 4.94. The molecule has 0 saturated heterocycles. The number of furan rings is 1. The summed E-state index contributed by atoms with van der Waals surface area (Å²) in [7, 11) is 1.89. The quantitative estimate of drug-likeness (QED) is 0.855. The van der Waals surface area contributed by atoms with Crippen molar-refractivity contribution in [3.63, 3.8) is 0 Å². The lowest BCUT2D eigenvalue weighted by Gasteiger charge is -2.14. The number of nitrogens with one attached hydrogen (secondary N) is 1. The Bertz CT molecular complexity index is 439. The van der Waals surface area contributed by atoms with Crippen LogP contribution in [0.4, 0.5) is 4.39 Å². The Labute approximate surface area is 94.1 Å². The van der Waals surface area contributed by atoms with Gasteiger partial charge in [-0.2, -0.15) is 0 Å². The Morgan fingerprint density at radius 2 is 2.25 bits per heavy atom. The van der Waals surface area contributed by atoms with Crippen LogP contribution in [0.15, 0.2) is 47.3 Å². The third kappa shape index (κ3) is 2.49. The summed E-state index contributed by atoms with van der Waals surface area (Å²) in [5, 5.41) is 3.19. The van der Waals surface area contributed by atoms with E-state index >= 15 is 0 Å². The lowest BCUT2D eigenvalue weighted by molar-refractivity contribution is 0.541. The highest BCUT2D eigenvalue weighted by Crippen LogP contribution is 2.18. The summed E-state index contributed by atoms with van der Waals surface area (Å²) >= 11 is 0. The molecule has 0 aliphatic carbocycles. The van der Waals surface area contributed by atoms with Crippen LogP contribution in [0, 0.1) is 5.82 Å². The van der Waals surface area contributed by atoms with Crippen LogP contribution in [0.3, 0.4) is 0 Å². The van der Waals surface area contributed by atoms with Gasteiger partial charge in [0.15, 0.2) is 0 Å². The van der Waals surface area contributed by atoms with E-state index < -0.39 is 0 Å². The standard InChI is InChI=1S/C13H14FNO/c1-15-13(11-5-6-16-9-11)8-10-3-2-4-12(14)7-10/h2-7,9,13,15H,8H2,1H3. The number of halogens is 1. The summed E-state index contributed by atoms with van der Waals surface area (Å²) in [6.45, 7) is 0. The van der Waals surface area contributed by atoms with Crippen LogP contribution in [0.25, 0.3) is 0 Å². The molecule has 0 amide bonds. The molecule has 1 N–H and O–H groups in total. The van der Waals surface area contributed by atoms with Gasteiger partial charge in [-0.1, -0.05) is 12.1 Å². The average molecular weight is 219 g/mol. The Kier molecular flexibility index (Phi) is 3.37. The maximum atomic E-state index is 13.0. The highest BCUT2D eigenvalue weighted by Gasteiger charge is 2.11. The first-order valence-electron chi connectivity index (χ1n) is 5.23. The van der Waals surface area contributed by atoms with Crippen LogP contribution >= 0.6 is 0 Å². The lowest BCUT2D eigenvalue weighted by Crippen LogP contribution is -2.18. The molecule has 2 nitrogen and oxygen atoms in total. The van der Waals surface area contributed by atoms with Crippen LogP contribution in [0.5, 0.6) is 0 Å². The van der Waals surface area contributed by atoms with E-state index in [-0.39, 0.29) is 11.9 Å². The molecule has 1 aromatic heterocycles. The van der Waals surface area contributed by atoms with Crippen LogP contribution < -0.4 is 5.32 Å². The van der Waals surface area contributed by atoms with Gasteiger partial charge in [-0.05, 0) is 37.2 Å². The highest BCUT2D eigenvalue weighted by atomic mass is 19.1. The molecule has 0 saturated carbocycles. The molecule has 0 aliphatic heterocycles. The minimum Gasteiger partial charge on any atom is -0.472 e. The molecule has 0 bridgehead atoms. The van der Waals surface area contributed by atoms with E-state index in [4.69, 9.17) is 4.42 Å². The molecule has 1 heterocycles. The maximum absolute atomic E-state index is 13.0. The Morgan fingerprint density at radius 3 is 2.88 bits per heavy atom. The van der Waals surface area contributed by atoms with Crippen molar-refractivity contribution in [3.05, 3.63) is 59.8 Å². The van der Waals surface area contributed by atoms with Crippen LogP contribution in [0.1, 0.15) is 17.2 Å². The van der Waals surface area contributed by atoms with Gasteiger partial charge in [0.25, 0.3) is 0 Å². The van der Waals surface area contributed by atoms with Gasteiger partial charge in [0.05, 0.1) is 12.5 Å². The van der Waals surface area contributed by atoms with Crippen molar-refractivity contribution >= 4 is 0 Å². The van der Waals surface area contributed by atoms with Crippen molar-refractivity contribution in [1.82, 2.24) is 5.32 Å². The first-order chi connectivity index (χ1) is 7.79. The molecule has 0 aliphatic rings. The molecule has 3 heteroatoms. The maximum Gasteiger partial charge on any atom is 0.123 e. The average Bonchev–Trinajstić information content (AvgIpc) is 2.79. The summed E-state index contributed by atoms with van der Waals surface area (Å²) in [4.78, 5) is 0. The summed E-state index contributed by atoms with van der Waals surface area (Å²) in [5.74, 6) is -0.195. The van der Waals surface area contributed by atoms with Gasteiger partial charge >= 0.3 is 0 Å². The third-order valence-corrected chi connectivity index (χ3v) is 2.62. The molecule has 0 radical (unpaired) electrons. The van der Waals surface area contributed by atoms with Gasteiger partial charge in [0.2, 0.25) is 0 Å². The van der Waals surface area contributed by atoms with Gasteiger partial charge in [-0.3, -0.25) is 0 Å². The van der Waals surface area contributed by atoms with E-state index in [1.54, 1.807) is 24.7 Å². The summed E-state index contributed by atoms with van der Waals surface area (Å²) in [6, 6.07) is 8.74. The zero-order valence-electron chi connectivity index (χ0n) is 9.11. The fourth-order valence-corrected chi connectivity index (χ4v) is 1.76. The topological polar surface area (TPSA) is 25.2 Å². The SMILES string of the molecule is CNC(Cc1cccc(F)c1)c1ccoc1. The predicted molar refractivity (Wildman–Crippen MR) is 60.6 cm³/mol. The van der Waals surface area contributed by atoms with E-state index in [0.717, 1.165) is 17.5 Å². The molecule has 0 fully saturated rings. The first kappa shape index (κ1) is 10.9. The van der Waals surface area contributed by atoms with Crippen LogP contribution in [-0.4, -0.2) is 7.05 Å².